The molecule has 0 N–H and O–H groups in total. The summed E-state index contributed by atoms with van der Waals surface area (Å²) in [5, 5.41) is 0. The predicted octanol–water partition coefficient (Wildman–Crippen LogP) is 4.22. The van der Waals surface area contributed by atoms with Crippen molar-refractivity contribution in [3.63, 3.8) is 0 Å². The molecule has 2 unspecified atom stereocenters. The van der Waals surface area contributed by atoms with Crippen LogP contribution in [-0.4, -0.2) is 32.6 Å². The molecule has 0 bridgehead atoms. The van der Waals surface area contributed by atoms with Crippen LogP contribution in [0.15, 0.2) is 18.2 Å². The standard InChI is InChI=1S/C21H30O5.H3OP/c1-14(2)12-13-26-21(23)18(15-8-5-6-9-15)20(22)19-16(24-3)10-7-11-17(19)25-4;1-2/h7,10-11,14-15,18H,5-6,8-9,12-13H2,1-4H3;2H3. The van der Waals surface area contributed by atoms with Gasteiger partial charge in [-0.3, -0.25) is 9.59 Å². The van der Waals surface area contributed by atoms with E-state index in [4.69, 9.17) is 18.8 Å². The molecule has 1 fully saturated rings. The van der Waals surface area contributed by atoms with Crippen molar-refractivity contribution in [2.75, 3.05) is 20.8 Å². The van der Waals surface area contributed by atoms with E-state index in [1.807, 2.05) is 0 Å². The molecule has 0 radical (unpaired) electrons. The smallest absolute Gasteiger partial charge is 0.317 e. The number of esters is 1. The SMILES string of the molecule is COc1cccc(OC)c1C(=O)C(C(=O)OCCC(C)C)C1CCCC1.O=[PH3]. The van der Waals surface area contributed by atoms with Crippen LogP contribution in [0.1, 0.15) is 56.3 Å². The van der Waals surface area contributed by atoms with Gasteiger partial charge >= 0.3 is 5.97 Å². The second kappa shape index (κ2) is 12.6. The number of benzene rings is 1. The number of rotatable bonds is 9. The zero-order chi connectivity index (χ0) is 21.1. The summed E-state index contributed by atoms with van der Waals surface area (Å²) in [6, 6.07) is 5.19. The molecule has 6 nitrogen and oxygen atoms in total. The van der Waals surface area contributed by atoms with E-state index < -0.39 is 11.9 Å². The molecule has 0 aromatic heterocycles. The van der Waals surface area contributed by atoms with E-state index in [9.17, 15) is 9.59 Å². The van der Waals surface area contributed by atoms with Crippen molar-refractivity contribution in [2.24, 2.45) is 17.8 Å². The average molecular weight is 412 g/mol. The molecular weight excluding hydrogens is 379 g/mol. The normalized spacial score (nSPS) is 14.9. The van der Waals surface area contributed by atoms with Crippen LogP contribution in [0, 0.1) is 17.8 Å². The summed E-state index contributed by atoms with van der Waals surface area (Å²) in [7, 11) is 3.63. The summed E-state index contributed by atoms with van der Waals surface area (Å²) in [5.74, 6) is -0.174. The van der Waals surface area contributed by atoms with Gasteiger partial charge in [-0.05, 0) is 43.2 Å². The summed E-state index contributed by atoms with van der Waals surface area (Å²) in [6.07, 6.45) is 4.60. The van der Waals surface area contributed by atoms with Gasteiger partial charge in [0, 0.05) is 0 Å². The van der Waals surface area contributed by atoms with Crippen molar-refractivity contribution in [2.45, 2.75) is 46.0 Å². The van der Waals surface area contributed by atoms with E-state index in [1.165, 1.54) is 14.2 Å². The first-order valence-corrected chi connectivity index (χ1v) is 10.3. The lowest BCUT2D eigenvalue weighted by Crippen LogP contribution is -2.33. The molecule has 1 aromatic rings. The first-order chi connectivity index (χ1) is 13.5. The molecule has 1 saturated carbocycles. The molecule has 1 aromatic carbocycles. The van der Waals surface area contributed by atoms with Crippen LogP contribution in [0.5, 0.6) is 11.5 Å². The minimum atomic E-state index is -0.796. The highest BCUT2D eigenvalue weighted by molar-refractivity contribution is 7.00. The Hall–Kier alpha value is -1.81. The van der Waals surface area contributed by atoms with Gasteiger partial charge in [-0.25, -0.2) is 0 Å². The lowest BCUT2D eigenvalue weighted by atomic mass is 9.84. The highest BCUT2D eigenvalue weighted by Gasteiger charge is 2.40. The van der Waals surface area contributed by atoms with E-state index >= 15 is 0 Å². The lowest BCUT2D eigenvalue weighted by Gasteiger charge is -2.23. The Morgan fingerprint density at radius 3 is 2.07 bits per heavy atom. The number of carbonyl (C=O) groups is 2. The number of carbonyl (C=O) groups excluding carboxylic acids is 2. The van der Waals surface area contributed by atoms with Crippen molar-refractivity contribution < 1.29 is 28.4 Å². The highest BCUT2D eigenvalue weighted by Crippen LogP contribution is 2.38. The first-order valence-electron chi connectivity index (χ1n) is 9.70. The van der Waals surface area contributed by atoms with Gasteiger partial charge in [-0.1, -0.05) is 32.8 Å². The maximum Gasteiger partial charge on any atom is 0.317 e. The fraction of sp³-hybridized carbons (Fsp3) is 0.619. The number of ether oxygens (including phenoxy) is 3. The van der Waals surface area contributed by atoms with Crippen LogP contribution in [-0.2, 0) is 14.1 Å². The number of hydrogen-bond acceptors (Lipinski definition) is 6. The van der Waals surface area contributed by atoms with Crippen molar-refractivity contribution >= 4 is 20.9 Å². The van der Waals surface area contributed by atoms with Gasteiger partial charge < -0.3 is 18.8 Å². The third-order valence-corrected chi connectivity index (χ3v) is 5.02. The topological polar surface area (TPSA) is 78.9 Å². The van der Waals surface area contributed by atoms with Gasteiger partial charge in [0.15, 0.2) is 5.78 Å². The second-order valence-electron chi connectivity index (χ2n) is 7.27. The quantitative estimate of drug-likeness (QED) is 0.262. The maximum absolute atomic E-state index is 13.4. The van der Waals surface area contributed by atoms with Crippen molar-refractivity contribution in [1.29, 1.82) is 0 Å². The van der Waals surface area contributed by atoms with E-state index in [-0.39, 0.29) is 11.7 Å². The molecule has 7 heteroatoms. The minimum Gasteiger partial charge on any atom is -0.496 e. The van der Waals surface area contributed by atoms with E-state index in [0.29, 0.717) is 38.7 Å². The molecule has 0 saturated heterocycles. The summed E-state index contributed by atoms with van der Waals surface area (Å²) in [5.41, 5.74) is 0.329. The summed E-state index contributed by atoms with van der Waals surface area (Å²) in [4.78, 5) is 26.2. The number of Topliss-reactive ketones (excluding diaryl/α,β-unsaturated/α-hetero) is 1. The monoisotopic (exact) mass is 412 g/mol. The fourth-order valence-corrected chi connectivity index (χ4v) is 3.54. The lowest BCUT2D eigenvalue weighted by molar-refractivity contribution is -0.148. The predicted molar refractivity (Wildman–Crippen MR) is 112 cm³/mol. The summed E-state index contributed by atoms with van der Waals surface area (Å²) in [6.45, 7) is 4.50. The Kier molecular flexibility index (Phi) is 10.9. The van der Waals surface area contributed by atoms with Gasteiger partial charge in [0.25, 0.3) is 0 Å². The molecule has 2 atom stereocenters. The summed E-state index contributed by atoms with van der Waals surface area (Å²) >= 11 is 0. The molecule has 0 spiro atoms. The molecule has 1 aliphatic rings. The average Bonchev–Trinajstić information content (AvgIpc) is 3.22. The van der Waals surface area contributed by atoms with Crippen LogP contribution >= 0.6 is 9.12 Å². The van der Waals surface area contributed by atoms with Crippen molar-refractivity contribution in [1.82, 2.24) is 0 Å². The third kappa shape index (κ3) is 6.37. The van der Waals surface area contributed by atoms with E-state index in [1.54, 1.807) is 18.2 Å². The molecule has 28 heavy (non-hydrogen) atoms. The second-order valence-corrected chi connectivity index (χ2v) is 7.27. The Morgan fingerprint density at radius 1 is 1.07 bits per heavy atom. The third-order valence-electron chi connectivity index (χ3n) is 5.02. The zero-order valence-corrected chi connectivity index (χ0v) is 18.8. The molecule has 0 heterocycles. The molecule has 0 aliphatic heterocycles. The van der Waals surface area contributed by atoms with Crippen LogP contribution in [0.25, 0.3) is 0 Å². The number of methoxy groups -OCH3 is 2. The van der Waals surface area contributed by atoms with Gasteiger partial charge in [-0.2, -0.15) is 0 Å². The van der Waals surface area contributed by atoms with E-state index in [0.717, 1.165) is 32.1 Å². The van der Waals surface area contributed by atoms with Crippen LogP contribution in [0.3, 0.4) is 0 Å². The van der Waals surface area contributed by atoms with Gasteiger partial charge in [0.2, 0.25) is 0 Å². The van der Waals surface area contributed by atoms with Crippen LogP contribution < -0.4 is 9.47 Å². The first kappa shape index (κ1) is 24.2. The fourth-order valence-electron chi connectivity index (χ4n) is 3.54. The minimum absolute atomic E-state index is 0.0173. The largest absolute Gasteiger partial charge is 0.496 e. The summed E-state index contributed by atoms with van der Waals surface area (Å²) < 4.78 is 24.5. The van der Waals surface area contributed by atoms with Crippen LogP contribution in [0.2, 0.25) is 0 Å². The number of hydrogen-bond donors (Lipinski definition) is 0. The molecule has 158 valence electrons. The Morgan fingerprint density at radius 2 is 1.61 bits per heavy atom. The molecule has 1 aliphatic carbocycles. The molecule has 2 rings (SSSR count). The Bertz CT molecular complexity index is 618. The maximum atomic E-state index is 13.4. The van der Waals surface area contributed by atoms with Crippen molar-refractivity contribution in [3.05, 3.63) is 23.8 Å². The van der Waals surface area contributed by atoms with Gasteiger partial charge in [0.1, 0.15) is 23.0 Å². The highest BCUT2D eigenvalue weighted by atomic mass is 31.0. The number of ketones is 1. The van der Waals surface area contributed by atoms with Crippen LogP contribution in [0.4, 0.5) is 0 Å². The Labute approximate surface area is 169 Å². The Balaban J connectivity index is 0.00000190. The molecular formula is C21H33O6P. The van der Waals surface area contributed by atoms with E-state index in [2.05, 4.69) is 13.8 Å². The molecule has 0 amide bonds. The van der Waals surface area contributed by atoms with Crippen molar-refractivity contribution in [3.8, 4) is 11.5 Å². The van der Waals surface area contributed by atoms with Gasteiger partial charge in [0.05, 0.1) is 29.9 Å². The van der Waals surface area contributed by atoms with Gasteiger partial charge in [-0.15, -0.1) is 0 Å². The zero-order valence-electron chi connectivity index (χ0n) is 17.4.